The topological polar surface area (TPSA) is 85.8 Å². The first kappa shape index (κ1) is 21.8. The Morgan fingerprint density at radius 2 is 2.00 bits per heavy atom. The number of rotatable bonds is 6. The summed E-state index contributed by atoms with van der Waals surface area (Å²) in [6.45, 7) is 7.60. The number of hydrogen-bond donors (Lipinski definition) is 1. The average molecular weight is 469 g/mol. The molecule has 0 saturated carbocycles. The minimum atomic E-state index is -0.0933. The van der Waals surface area contributed by atoms with Gasteiger partial charge in [0.25, 0.3) is 0 Å². The molecular formula is C24H28N4O4S. The van der Waals surface area contributed by atoms with Crippen molar-refractivity contribution in [3.63, 3.8) is 0 Å². The minimum absolute atomic E-state index is 0.0401. The Kier molecular flexibility index (Phi) is 6.22. The Bertz CT molecular complexity index is 1160. The number of carbonyl (C=O) groups is 1. The van der Waals surface area contributed by atoms with Gasteiger partial charge in [-0.25, -0.2) is 4.98 Å². The predicted octanol–water partition coefficient (Wildman–Crippen LogP) is 4.16. The largest absolute Gasteiger partial charge is 0.486 e. The van der Waals surface area contributed by atoms with Crippen molar-refractivity contribution >= 4 is 39.3 Å². The number of benzene rings is 1. The van der Waals surface area contributed by atoms with Gasteiger partial charge in [0.05, 0.1) is 17.9 Å². The van der Waals surface area contributed by atoms with Crippen LogP contribution in [0.3, 0.4) is 0 Å². The molecule has 1 N–H and O–H groups in total. The number of carbonyl (C=O) groups excluding carboxylic acids is 1. The lowest BCUT2D eigenvalue weighted by Gasteiger charge is -2.31. The molecular weight excluding hydrogens is 440 g/mol. The van der Waals surface area contributed by atoms with E-state index < -0.39 is 0 Å². The number of esters is 1. The summed E-state index contributed by atoms with van der Waals surface area (Å²) in [6, 6.07) is 6.01. The van der Waals surface area contributed by atoms with Crippen molar-refractivity contribution in [3.8, 4) is 11.5 Å². The molecule has 174 valence electrons. The van der Waals surface area contributed by atoms with Gasteiger partial charge in [-0.05, 0) is 55.3 Å². The van der Waals surface area contributed by atoms with Crippen LogP contribution >= 0.6 is 11.3 Å². The van der Waals surface area contributed by atoms with E-state index in [0.29, 0.717) is 32.3 Å². The van der Waals surface area contributed by atoms with Gasteiger partial charge < -0.3 is 24.4 Å². The Labute approximate surface area is 196 Å². The molecule has 1 saturated heterocycles. The zero-order chi connectivity index (χ0) is 22.8. The van der Waals surface area contributed by atoms with Crippen LogP contribution in [0.5, 0.6) is 11.5 Å². The standard InChI is InChI=1S/C24H28N4O4S/c1-3-30-23(29)17-6-8-28(9-7-17)24-26-21(20-15(2)14-33-22(20)27-24)25-13-16-4-5-18-19(12-16)32-11-10-31-18/h4-5,12,14,17H,3,6-11,13H2,1-2H3,(H,25,26,27). The fourth-order valence-corrected chi connectivity index (χ4v) is 5.22. The maximum absolute atomic E-state index is 12.1. The van der Waals surface area contributed by atoms with Crippen molar-refractivity contribution < 1.29 is 19.0 Å². The second-order valence-corrected chi connectivity index (χ2v) is 9.17. The molecule has 33 heavy (non-hydrogen) atoms. The maximum atomic E-state index is 12.1. The minimum Gasteiger partial charge on any atom is -0.486 e. The van der Waals surface area contributed by atoms with E-state index in [1.165, 1.54) is 0 Å². The van der Waals surface area contributed by atoms with Crippen LogP contribution < -0.4 is 19.7 Å². The van der Waals surface area contributed by atoms with Crippen molar-refractivity contribution in [2.24, 2.45) is 5.92 Å². The molecule has 2 aliphatic heterocycles. The molecule has 0 bridgehead atoms. The fourth-order valence-electron chi connectivity index (χ4n) is 4.30. The van der Waals surface area contributed by atoms with Crippen LogP contribution in [0.25, 0.3) is 10.2 Å². The summed E-state index contributed by atoms with van der Waals surface area (Å²) in [5, 5.41) is 6.69. The normalized spacial score (nSPS) is 16.1. The van der Waals surface area contributed by atoms with Crippen LogP contribution in [0.4, 0.5) is 11.8 Å². The number of nitrogens with zero attached hydrogens (tertiary/aromatic N) is 3. The number of piperidine rings is 1. The quantitative estimate of drug-likeness (QED) is 0.540. The number of nitrogens with one attached hydrogen (secondary N) is 1. The van der Waals surface area contributed by atoms with Crippen LogP contribution in [0.2, 0.25) is 0 Å². The van der Waals surface area contributed by atoms with Gasteiger partial charge in [-0.1, -0.05) is 6.07 Å². The van der Waals surface area contributed by atoms with E-state index in [4.69, 9.17) is 24.2 Å². The Hall–Kier alpha value is -3.07. The zero-order valence-electron chi connectivity index (χ0n) is 18.9. The molecule has 1 fully saturated rings. The van der Waals surface area contributed by atoms with Gasteiger partial charge in [0.15, 0.2) is 11.5 Å². The van der Waals surface area contributed by atoms with E-state index in [1.54, 1.807) is 11.3 Å². The van der Waals surface area contributed by atoms with Crippen LogP contribution in [-0.4, -0.2) is 48.8 Å². The van der Waals surface area contributed by atoms with Crippen molar-refractivity contribution in [3.05, 3.63) is 34.7 Å². The van der Waals surface area contributed by atoms with Crippen molar-refractivity contribution in [1.29, 1.82) is 0 Å². The Balaban J connectivity index is 1.34. The molecule has 0 aliphatic carbocycles. The number of ether oxygens (including phenoxy) is 3. The summed E-state index contributed by atoms with van der Waals surface area (Å²) in [7, 11) is 0. The lowest BCUT2D eigenvalue weighted by molar-refractivity contribution is -0.148. The summed E-state index contributed by atoms with van der Waals surface area (Å²) in [5.74, 6) is 2.97. The van der Waals surface area contributed by atoms with E-state index >= 15 is 0 Å². The number of anilines is 2. The molecule has 2 aliphatic rings. The second kappa shape index (κ2) is 9.43. The van der Waals surface area contributed by atoms with Gasteiger partial charge in [0.1, 0.15) is 23.9 Å². The van der Waals surface area contributed by atoms with Crippen LogP contribution in [0.1, 0.15) is 30.9 Å². The number of aryl methyl sites for hydroxylation is 1. The first-order valence-electron chi connectivity index (χ1n) is 11.4. The Morgan fingerprint density at radius 1 is 1.21 bits per heavy atom. The summed E-state index contributed by atoms with van der Waals surface area (Å²) in [5.41, 5.74) is 2.25. The smallest absolute Gasteiger partial charge is 0.309 e. The Morgan fingerprint density at radius 3 is 2.79 bits per heavy atom. The lowest BCUT2D eigenvalue weighted by Crippen LogP contribution is -2.38. The number of thiophene rings is 1. The summed E-state index contributed by atoms with van der Waals surface area (Å²) in [4.78, 5) is 25.0. The van der Waals surface area contributed by atoms with Crippen molar-refractivity contribution in [2.75, 3.05) is 43.1 Å². The summed E-state index contributed by atoms with van der Waals surface area (Å²) in [6.07, 6.45) is 1.51. The van der Waals surface area contributed by atoms with Gasteiger partial charge in [-0.2, -0.15) is 4.98 Å². The first-order chi connectivity index (χ1) is 16.1. The van der Waals surface area contributed by atoms with E-state index in [2.05, 4.69) is 22.5 Å². The predicted molar refractivity (Wildman–Crippen MR) is 128 cm³/mol. The van der Waals surface area contributed by atoms with Gasteiger partial charge in [0, 0.05) is 19.6 Å². The van der Waals surface area contributed by atoms with Crippen molar-refractivity contribution in [1.82, 2.24) is 9.97 Å². The molecule has 8 nitrogen and oxygen atoms in total. The van der Waals surface area contributed by atoms with Gasteiger partial charge >= 0.3 is 5.97 Å². The molecule has 4 heterocycles. The number of hydrogen-bond acceptors (Lipinski definition) is 9. The van der Waals surface area contributed by atoms with E-state index in [9.17, 15) is 4.79 Å². The van der Waals surface area contributed by atoms with Crippen LogP contribution in [0.15, 0.2) is 23.6 Å². The van der Waals surface area contributed by atoms with E-state index in [0.717, 1.165) is 64.6 Å². The van der Waals surface area contributed by atoms with Gasteiger partial charge in [-0.3, -0.25) is 4.79 Å². The number of fused-ring (bicyclic) bond motifs is 2. The third-order valence-corrected chi connectivity index (χ3v) is 7.06. The average Bonchev–Trinajstić information content (AvgIpc) is 3.23. The molecule has 0 spiro atoms. The van der Waals surface area contributed by atoms with Gasteiger partial charge in [-0.15, -0.1) is 11.3 Å². The SMILES string of the molecule is CCOC(=O)C1CCN(c2nc(NCc3ccc4c(c3)OCCO4)c3c(C)csc3n2)CC1. The highest BCUT2D eigenvalue weighted by atomic mass is 32.1. The highest BCUT2D eigenvalue weighted by Crippen LogP contribution is 2.34. The molecule has 0 radical (unpaired) electrons. The lowest BCUT2D eigenvalue weighted by atomic mass is 9.97. The summed E-state index contributed by atoms with van der Waals surface area (Å²) >= 11 is 1.63. The van der Waals surface area contributed by atoms with E-state index in [-0.39, 0.29) is 11.9 Å². The number of aromatic nitrogens is 2. The van der Waals surface area contributed by atoms with Crippen LogP contribution in [0, 0.1) is 12.8 Å². The third kappa shape index (κ3) is 4.55. The third-order valence-electron chi connectivity index (χ3n) is 6.07. The molecule has 0 unspecified atom stereocenters. The van der Waals surface area contributed by atoms with Gasteiger partial charge in [0.2, 0.25) is 5.95 Å². The molecule has 0 amide bonds. The summed E-state index contributed by atoms with van der Waals surface area (Å²) < 4.78 is 16.5. The molecule has 0 atom stereocenters. The zero-order valence-corrected chi connectivity index (χ0v) is 19.7. The molecule has 1 aromatic carbocycles. The van der Waals surface area contributed by atoms with E-state index in [1.807, 2.05) is 25.1 Å². The fraction of sp³-hybridized carbons (Fsp3) is 0.458. The first-order valence-corrected chi connectivity index (χ1v) is 12.3. The molecule has 3 aromatic rings. The molecule has 2 aromatic heterocycles. The highest BCUT2D eigenvalue weighted by molar-refractivity contribution is 7.17. The molecule has 9 heteroatoms. The molecule has 5 rings (SSSR count). The maximum Gasteiger partial charge on any atom is 0.309 e. The van der Waals surface area contributed by atoms with Crippen molar-refractivity contribution in [2.45, 2.75) is 33.2 Å². The van der Waals surface area contributed by atoms with Crippen LogP contribution in [-0.2, 0) is 16.1 Å². The second-order valence-electron chi connectivity index (χ2n) is 8.32. The highest BCUT2D eigenvalue weighted by Gasteiger charge is 2.28. The monoisotopic (exact) mass is 468 g/mol.